The highest BCUT2D eigenvalue weighted by molar-refractivity contribution is 5.79. The molecule has 3 aromatic rings. The van der Waals surface area contributed by atoms with Crippen molar-refractivity contribution in [1.29, 1.82) is 0 Å². The van der Waals surface area contributed by atoms with Crippen molar-refractivity contribution in [2.45, 2.75) is 46.3 Å². The number of nitrogens with zero attached hydrogens (tertiary/aromatic N) is 2. The van der Waals surface area contributed by atoms with Crippen LogP contribution in [0.3, 0.4) is 0 Å². The number of carboxylic acid groups (broad SMARTS) is 1. The Hall–Kier alpha value is -3.33. The normalized spacial score (nSPS) is 11.9. The quantitative estimate of drug-likeness (QED) is 0.533. The Labute approximate surface area is 175 Å². The highest BCUT2D eigenvalue weighted by Crippen LogP contribution is 2.24. The molecule has 0 saturated carbocycles. The summed E-state index contributed by atoms with van der Waals surface area (Å²) in [6.07, 6.45) is 1.62. The second kappa shape index (κ2) is 9.45. The molecule has 3 rings (SSSR count). The van der Waals surface area contributed by atoms with Gasteiger partial charge in [-0.1, -0.05) is 31.9 Å². The number of aliphatic carboxylic acids is 1. The first-order valence-corrected chi connectivity index (χ1v) is 9.88. The van der Waals surface area contributed by atoms with E-state index in [1.54, 1.807) is 43.5 Å². The highest BCUT2D eigenvalue weighted by atomic mass is 19.1. The largest absolute Gasteiger partial charge is 0.489 e. The second-order valence-electron chi connectivity index (χ2n) is 7.63. The van der Waals surface area contributed by atoms with Crippen LogP contribution >= 0.6 is 0 Å². The SMILES string of the molecule is CC#C[C@@H](CC(=O)O)c1ccc(OCc2cc3c(cnn3CC(C)C)cc2F)cc1. The number of fused-ring (bicyclic) bond motifs is 1. The molecule has 0 saturated heterocycles. The van der Waals surface area contributed by atoms with Crippen molar-refractivity contribution < 1.29 is 19.0 Å². The second-order valence-corrected chi connectivity index (χ2v) is 7.63. The Morgan fingerprint density at radius 2 is 2.00 bits per heavy atom. The highest BCUT2D eigenvalue weighted by Gasteiger charge is 2.14. The third-order valence-electron chi connectivity index (χ3n) is 4.72. The lowest BCUT2D eigenvalue weighted by atomic mass is 9.96. The molecular formula is C24H25FN2O3. The molecule has 0 aliphatic heterocycles. The molecule has 30 heavy (non-hydrogen) atoms. The van der Waals surface area contributed by atoms with Gasteiger partial charge in [-0.25, -0.2) is 4.39 Å². The van der Waals surface area contributed by atoms with Gasteiger partial charge in [0.2, 0.25) is 0 Å². The molecule has 0 spiro atoms. The fourth-order valence-electron chi connectivity index (χ4n) is 3.30. The van der Waals surface area contributed by atoms with Crippen LogP contribution in [0.5, 0.6) is 5.75 Å². The van der Waals surface area contributed by atoms with Gasteiger partial charge in [0.1, 0.15) is 18.2 Å². The van der Waals surface area contributed by atoms with E-state index >= 15 is 0 Å². The van der Waals surface area contributed by atoms with E-state index in [9.17, 15) is 9.18 Å². The maximum Gasteiger partial charge on any atom is 0.304 e. The first-order chi connectivity index (χ1) is 14.4. The van der Waals surface area contributed by atoms with E-state index in [2.05, 4.69) is 30.8 Å². The van der Waals surface area contributed by atoms with Crippen molar-refractivity contribution in [2.24, 2.45) is 5.92 Å². The number of carboxylic acids is 1. The topological polar surface area (TPSA) is 64.3 Å². The zero-order valence-corrected chi connectivity index (χ0v) is 17.4. The molecule has 0 aliphatic rings. The predicted molar refractivity (Wildman–Crippen MR) is 114 cm³/mol. The molecule has 1 atom stereocenters. The third kappa shape index (κ3) is 5.18. The van der Waals surface area contributed by atoms with Crippen molar-refractivity contribution in [1.82, 2.24) is 9.78 Å². The van der Waals surface area contributed by atoms with Crippen LogP contribution in [0, 0.1) is 23.6 Å². The van der Waals surface area contributed by atoms with E-state index in [1.165, 1.54) is 6.07 Å². The van der Waals surface area contributed by atoms with Gasteiger partial charge >= 0.3 is 5.97 Å². The van der Waals surface area contributed by atoms with Crippen LogP contribution < -0.4 is 4.74 Å². The Morgan fingerprint density at radius 1 is 1.27 bits per heavy atom. The van der Waals surface area contributed by atoms with Gasteiger partial charge in [0.25, 0.3) is 0 Å². The van der Waals surface area contributed by atoms with Gasteiger partial charge in [-0.15, -0.1) is 5.92 Å². The molecule has 156 valence electrons. The lowest BCUT2D eigenvalue weighted by Gasteiger charge is -2.12. The van der Waals surface area contributed by atoms with Gasteiger partial charge in [0.15, 0.2) is 0 Å². The maximum atomic E-state index is 14.5. The fraction of sp³-hybridized carbons (Fsp3) is 0.333. The Balaban J connectivity index is 1.74. The summed E-state index contributed by atoms with van der Waals surface area (Å²) in [5, 5.41) is 14.2. The third-order valence-corrected chi connectivity index (χ3v) is 4.72. The molecule has 0 aliphatic carbocycles. The minimum Gasteiger partial charge on any atom is -0.489 e. The summed E-state index contributed by atoms with van der Waals surface area (Å²) in [6, 6.07) is 10.4. The summed E-state index contributed by atoms with van der Waals surface area (Å²) in [7, 11) is 0. The maximum absolute atomic E-state index is 14.5. The van der Waals surface area contributed by atoms with E-state index in [4.69, 9.17) is 9.84 Å². The minimum absolute atomic E-state index is 0.0592. The van der Waals surface area contributed by atoms with E-state index in [1.807, 2.05) is 4.68 Å². The molecule has 0 amide bonds. The van der Waals surface area contributed by atoms with Crippen LogP contribution in [0.4, 0.5) is 4.39 Å². The molecule has 6 heteroatoms. The van der Waals surface area contributed by atoms with Crippen LogP contribution in [0.15, 0.2) is 42.6 Å². The molecular weight excluding hydrogens is 383 g/mol. The van der Waals surface area contributed by atoms with Crippen LogP contribution in [-0.4, -0.2) is 20.9 Å². The van der Waals surface area contributed by atoms with E-state index in [-0.39, 0.29) is 24.8 Å². The van der Waals surface area contributed by atoms with Crippen molar-refractivity contribution in [3.05, 3.63) is 59.5 Å². The van der Waals surface area contributed by atoms with Gasteiger partial charge in [-0.3, -0.25) is 9.48 Å². The van der Waals surface area contributed by atoms with Crippen molar-refractivity contribution in [3.63, 3.8) is 0 Å². The first kappa shape index (κ1) is 21.4. The number of ether oxygens (including phenoxy) is 1. The zero-order valence-electron chi connectivity index (χ0n) is 17.4. The first-order valence-electron chi connectivity index (χ1n) is 9.88. The summed E-state index contributed by atoms with van der Waals surface area (Å²) in [4.78, 5) is 11.0. The molecule has 1 N–H and O–H groups in total. The lowest BCUT2D eigenvalue weighted by molar-refractivity contribution is -0.137. The number of carbonyl (C=O) groups is 1. The molecule has 0 bridgehead atoms. The fourth-order valence-corrected chi connectivity index (χ4v) is 3.30. The van der Waals surface area contributed by atoms with Crippen LogP contribution in [0.2, 0.25) is 0 Å². The number of hydrogen-bond donors (Lipinski definition) is 1. The number of aromatic nitrogens is 2. The zero-order chi connectivity index (χ0) is 21.7. The smallest absolute Gasteiger partial charge is 0.304 e. The van der Waals surface area contributed by atoms with Crippen molar-refractivity contribution >= 4 is 16.9 Å². The van der Waals surface area contributed by atoms with E-state index in [0.717, 1.165) is 23.0 Å². The van der Waals surface area contributed by atoms with Gasteiger partial charge < -0.3 is 9.84 Å². The standard InChI is InChI=1S/C24H25FN2O3/c1-4-5-18(12-24(28)29)17-6-8-21(9-7-17)30-15-20-11-23-19(10-22(20)25)13-26-27(23)14-16(2)3/h6-11,13,16,18H,12,14-15H2,1-3H3,(H,28,29)/t18-/m0/s1. The van der Waals surface area contributed by atoms with Crippen molar-refractivity contribution in [2.75, 3.05) is 0 Å². The molecule has 1 aromatic heterocycles. The predicted octanol–water partition coefficient (Wildman–Crippen LogP) is 4.99. The summed E-state index contributed by atoms with van der Waals surface area (Å²) < 4.78 is 22.1. The summed E-state index contributed by atoms with van der Waals surface area (Å²) in [5.74, 6) is 5.10. The molecule has 0 unspecified atom stereocenters. The van der Waals surface area contributed by atoms with E-state index < -0.39 is 5.97 Å². The number of hydrogen-bond acceptors (Lipinski definition) is 3. The average Bonchev–Trinajstić information content (AvgIpc) is 3.06. The van der Waals surface area contributed by atoms with Crippen LogP contribution in [-0.2, 0) is 17.9 Å². The minimum atomic E-state index is -0.898. The molecule has 2 aromatic carbocycles. The number of benzene rings is 2. The molecule has 5 nitrogen and oxygen atoms in total. The molecule has 0 radical (unpaired) electrons. The summed E-state index contributed by atoms with van der Waals surface area (Å²) >= 11 is 0. The molecule has 0 fully saturated rings. The number of halogens is 1. The van der Waals surface area contributed by atoms with E-state index in [0.29, 0.717) is 17.2 Å². The van der Waals surface area contributed by atoms with Crippen LogP contribution in [0.1, 0.15) is 44.2 Å². The van der Waals surface area contributed by atoms with Gasteiger partial charge in [0.05, 0.1) is 24.1 Å². The average molecular weight is 408 g/mol. The summed E-state index contributed by atoms with van der Waals surface area (Å²) in [6.45, 7) is 6.75. The summed E-state index contributed by atoms with van der Waals surface area (Å²) in [5.41, 5.74) is 2.15. The van der Waals surface area contributed by atoms with Gasteiger partial charge in [0, 0.05) is 17.5 Å². The Bertz CT molecular complexity index is 1090. The molecule has 1 heterocycles. The number of rotatable bonds is 8. The Kier molecular flexibility index (Phi) is 6.73. The van der Waals surface area contributed by atoms with Crippen LogP contribution in [0.25, 0.3) is 10.9 Å². The lowest BCUT2D eigenvalue weighted by Crippen LogP contribution is -2.06. The Morgan fingerprint density at radius 3 is 2.63 bits per heavy atom. The van der Waals surface area contributed by atoms with Gasteiger partial charge in [-0.05, 0) is 42.7 Å². The van der Waals surface area contributed by atoms with Crippen molar-refractivity contribution in [3.8, 4) is 17.6 Å². The monoisotopic (exact) mass is 408 g/mol. The van der Waals surface area contributed by atoms with Gasteiger partial charge in [-0.2, -0.15) is 5.10 Å².